The molecular weight excluding hydrogens is 267 g/mol. The van der Waals surface area contributed by atoms with Crippen LogP contribution in [0.25, 0.3) is 0 Å². The average Bonchev–Trinajstić information content (AvgIpc) is 2.27. The van der Waals surface area contributed by atoms with Crippen LogP contribution >= 0.6 is 23.2 Å². The lowest BCUT2D eigenvalue weighted by Crippen LogP contribution is -2.18. The summed E-state index contributed by atoms with van der Waals surface area (Å²) in [6.45, 7) is 8.93. The molecule has 2 unspecified atom stereocenters. The number of hydrogen-bond acceptors (Lipinski definition) is 1. The zero-order valence-electron chi connectivity index (χ0n) is 11.8. The molecule has 0 aliphatic carbocycles. The maximum Gasteiger partial charge on any atom is 0.123 e. The first-order valence-corrected chi connectivity index (χ1v) is 7.04. The maximum absolute atomic E-state index is 6.52. The molecule has 0 radical (unpaired) electrons. The van der Waals surface area contributed by atoms with E-state index in [1.54, 1.807) is 7.11 Å². The quantitative estimate of drug-likeness (QED) is 0.646. The number of ether oxygens (including phenoxy) is 1. The van der Waals surface area contributed by atoms with Crippen LogP contribution in [0, 0.1) is 11.3 Å². The third kappa shape index (κ3) is 4.07. The van der Waals surface area contributed by atoms with E-state index in [2.05, 4.69) is 27.7 Å². The highest BCUT2D eigenvalue weighted by molar-refractivity contribution is 6.31. The molecule has 0 amide bonds. The van der Waals surface area contributed by atoms with E-state index in [-0.39, 0.29) is 10.8 Å². The normalized spacial score (nSPS) is 15.3. The van der Waals surface area contributed by atoms with Crippen LogP contribution in [0.15, 0.2) is 18.2 Å². The highest BCUT2D eigenvalue weighted by Crippen LogP contribution is 2.40. The van der Waals surface area contributed by atoms with Gasteiger partial charge in [0.25, 0.3) is 0 Å². The predicted octanol–water partition coefficient (Wildman–Crippen LogP) is 5.70. The number of alkyl halides is 1. The third-order valence-electron chi connectivity index (χ3n) is 3.57. The van der Waals surface area contributed by atoms with E-state index in [0.717, 1.165) is 17.7 Å². The summed E-state index contributed by atoms with van der Waals surface area (Å²) in [5.41, 5.74) is 1.22. The minimum Gasteiger partial charge on any atom is -0.496 e. The van der Waals surface area contributed by atoms with Gasteiger partial charge in [-0.25, -0.2) is 0 Å². The van der Waals surface area contributed by atoms with Gasteiger partial charge in [0.05, 0.1) is 12.5 Å². The van der Waals surface area contributed by atoms with Crippen molar-refractivity contribution in [3.05, 3.63) is 28.8 Å². The Bertz CT molecular complexity index is 396. The van der Waals surface area contributed by atoms with Gasteiger partial charge in [-0.1, -0.05) is 39.3 Å². The van der Waals surface area contributed by atoms with Crippen LogP contribution in [0.2, 0.25) is 5.02 Å². The van der Waals surface area contributed by atoms with Crippen molar-refractivity contribution >= 4 is 23.2 Å². The van der Waals surface area contributed by atoms with Gasteiger partial charge >= 0.3 is 0 Å². The molecule has 0 aliphatic rings. The topological polar surface area (TPSA) is 9.23 Å². The van der Waals surface area contributed by atoms with Crippen LogP contribution in [0.1, 0.15) is 45.1 Å². The molecule has 1 aromatic carbocycles. The molecular formula is C15H22Cl2O. The highest BCUT2D eigenvalue weighted by Gasteiger charge is 2.25. The minimum atomic E-state index is -0.0760. The van der Waals surface area contributed by atoms with Crippen LogP contribution in [0.4, 0.5) is 0 Å². The second-order valence-corrected chi connectivity index (χ2v) is 6.82. The molecule has 18 heavy (non-hydrogen) atoms. The number of halogens is 2. The van der Waals surface area contributed by atoms with Crippen LogP contribution in [0.5, 0.6) is 5.75 Å². The molecule has 3 heteroatoms. The number of methoxy groups -OCH3 is 1. The number of benzene rings is 1. The molecule has 1 nitrogen and oxygen atoms in total. The van der Waals surface area contributed by atoms with E-state index >= 15 is 0 Å². The van der Waals surface area contributed by atoms with Crippen molar-refractivity contribution in [1.29, 1.82) is 0 Å². The SMILES string of the molecule is COc1ccc(Cl)cc1C(Cl)CC(C)C(C)(C)C. The Balaban J connectivity index is 2.90. The summed E-state index contributed by atoms with van der Waals surface area (Å²) in [6.07, 6.45) is 0.905. The van der Waals surface area contributed by atoms with Crippen LogP contribution in [-0.4, -0.2) is 7.11 Å². The molecule has 0 bridgehead atoms. The van der Waals surface area contributed by atoms with Crippen LogP contribution in [-0.2, 0) is 0 Å². The van der Waals surface area contributed by atoms with Gasteiger partial charge in [-0.3, -0.25) is 0 Å². The molecule has 0 fully saturated rings. The lowest BCUT2D eigenvalue weighted by molar-refractivity contribution is 0.244. The first kappa shape index (κ1) is 15.7. The molecule has 0 saturated carbocycles. The first-order chi connectivity index (χ1) is 8.25. The Morgan fingerprint density at radius 2 is 1.89 bits per heavy atom. The average molecular weight is 289 g/mol. The van der Waals surface area contributed by atoms with Crippen molar-refractivity contribution in [3.63, 3.8) is 0 Å². The van der Waals surface area contributed by atoms with E-state index in [1.165, 1.54) is 0 Å². The van der Waals surface area contributed by atoms with Gasteiger partial charge in [0, 0.05) is 10.6 Å². The molecule has 0 aliphatic heterocycles. The van der Waals surface area contributed by atoms with Gasteiger partial charge in [0.15, 0.2) is 0 Å². The molecule has 0 spiro atoms. The predicted molar refractivity (Wildman–Crippen MR) is 79.8 cm³/mol. The van der Waals surface area contributed by atoms with Crippen molar-refractivity contribution in [2.75, 3.05) is 7.11 Å². The summed E-state index contributed by atoms with van der Waals surface area (Å²) in [4.78, 5) is 0. The number of hydrogen-bond donors (Lipinski definition) is 0. The summed E-state index contributed by atoms with van der Waals surface area (Å²) >= 11 is 12.6. The lowest BCUT2D eigenvalue weighted by Gasteiger charge is -2.29. The third-order valence-corrected chi connectivity index (χ3v) is 4.22. The van der Waals surface area contributed by atoms with Crippen molar-refractivity contribution in [2.45, 2.75) is 39.5 Å². The smallest absolute Gasteiger partial charge is 0.123 e. The standard InChI is InChI=1S/C15H22Cl2O/c1-10(15(2,3)4)8-13(17)12-9-11(16)6-7-14(12)18-5/h6-7,9-10,13H,8H2,1-5H3. The number of rotatable bonds is 4. The Kier molecular flexibility index (Phi) is 5.36. The lowest BCUT2D eigenvalue weighted by atomic mass is 9.79. The molecule has 102 valence electrons. The van der Waals surface area contributed by atoms with Gasteiger partial charge in [-0.2, -0.15) is 0 Å². The fraction of sp³-hybridized carbons (Fsp3) is 0.600. The maximum atomic E-state index is 6.52. The highest BCUT2D eigenvalue weighted by atomic mass is 35.5. The fourth-order valence-electron chi connectivity index (χ4n) is 1.74. The summed E-state index contributed by atoms with van der Waals surface area (Å²) in [5.74, 6) is 1.32. The van der Waals surface area contributed by atoms with Crippen LogP contribution < -0.4 is 4.74 Å². The van der Waals surface area contributed by atoms with Gasteiger partial charge < -0.3 is 4.74 Å². The Morgan fingerprint density at radius 1 is 1.28 bits per heavy atom. The molecule has 2 atom stereocenters. The van der Waals surface area contributed by atoms with Crippen molar-refractivity contribution < 1.29 is 4.74 Å². The summed E-state index contributed by atoms with van der Waals surface area (Å²) in [5, 5.41) is 0.618. The first-order valence-electron chi connectivity index (χ1n) is 6.23. The summed E-state index contributed by atoms with van der Waals surface area (Å²) < 4.78 is 5.35. The van der Waals surface area contributed by atoms with Gasteiger partial charge in [-0.15, -0.1) is 11.6 Å². The van der Waals surface area contributed by atoms with E-state index in [4.69, 9.17) is 27.9 Å². The minimum absolute atomic E-state index is 0.0760. The second-order valence-electron chi connectivity index (χ2n) is 5.86. The monoisotopic (exact) mass is 288 g/mol. The zero-order valence-corrected chi connectivity index (χ0v) is 13.3. The van der Waals surface area contributed by atoms with Crippen molar-refractivity contribution in [1.82, 2.24) is 0 Å². The van der Waals surface area contributed by atoms with E-state index in [0.29, 0.717) is 10.9 Å². The molecule has 0 N–H and O–H groups in total. The molecule has 0 aromatic heterocycles. The zero-order chi connectivity index (χ0) is 13.9. The Labute approximate surface area is 120 Å². The second kappa shape index (κ2) is 6.16. The van der Waals surface area contributed by atoms with Gasteiger partial charge in [0.1, 0.15) is 5.75 Å². The Hall–Kier alpha value is -0.400. The largest absolute Gasteiger partial charge is 0.496 e. The van der Waals surface area contributed by atoms with E-state index in [1.807, 2.05) is 18.2 Å². The van der Waals surface area contributed by atoms with Crippen molar-refractivity contribution in [2.24, 2.45) is 11.3 Å². The summed E-state index contributed by atoms with van der Waals surface area (Å²) in [6, 6.07) is 5.59. The van der Waals surface area contributed by atoms with Gasteiger partial charge in [0.2, 0.25) is 0 Å². The molecule has 0 heterocycles. The van der Waals surface area contributed by atoms with Gasteiger partial charge in [-0.05, 0) is 36.0 Å². The fourth-order valence-corrected chi connectivity index (χ4v) is 2.36. The van der Waals surface area contributed by atoms with E-state index < -0.39 is 0 Å². The van der Waals surface area contributed by atoms with Crippen LogP contribution in [0.3, 0.4) is 0 Å². The molecule has 1 rings (SSSR count). The summed E-state index contributed by atoms with van der Waals surface area (Å²) in [7, 11) is 1.66. The Morgan fingerprint density at radius 3 is 2.39 bits per heavy atom. The van der Waals surface area contributed by atoms with E-state index in [9.17, 15) is 0 Å². The molecule has 0 saturated heterocycles. The van der Waals surface area contributed by atoms with Crippen molar-refractivity contribution in [3.8, 4) is 5.75 Å². The molecule has 1 aromatic rings.